The Balaban J connectivity index is 1.64. The lowest BCUT2D eigenvalue weighted by Crippen LogP contribution is -2.08. The number of alkyl halides is 3. The van der Waals surface area contributed by atoms with Crippen molar-refractivity contribution in [2.45, 2.75) is 6.18 Å². The molecule has 0 aliphatic rings. The van der Waals surface area contributed by atoms with Crippen molar-refractivity contribution in [1.29, 1.82) is 0 Å². The Kier molecular flexibility index (Phi) is 3.80. The van der Waals surface area contributed by atoms with Crippen LogP contribution in [0.5, 0.6) is 0 Å². The molecule has 5 aromatic rings. The molecule has 0 aliphatic carbocycles. The average molecular weight is 395 g/mol. The Labute approximate surface area is 162 Å². The van der Waals surface area contributed by atoms with E-state index in [1.165, 1.54) is 23.1 Å². The number of fused-ring (bicyclic) bond motifs is 1. The fourth-order valence-corrected chi connectivity index (χ4v) is 3.15. The van der Waals surface area contributed by atoms with E-state index in [2.05, 4.69) is 10.1 Å². The van der Waals surface area contributed by atoms with Crippen LogP contribution in [-0.4, -0.2) is 14.5 Å². The van der Waals surface area contributed by atoms with E-state index >= 15 is 0 Å². The number of furan rings is 1. The highest BCUT2D eigenvalue weighted by atomic mass is 19.4. The Morgan fingerprint density at radius 1 is 0.862 bits per heavy atom. The van der Waals surface area contributed by atoms with Crippen molar-refractivity contribution >= 4 is 5.65 Å². The normalized spacial score (nSPS) is 12.0. The van der Waals surface area contributed by atoms with Crippen LogP contribution in [0, 0.1) is 0 Å². The summed E-state index contributed by atoms with van der Waals surface area (Å²) >= 11 is 0. The van der Waals surface area contributed by atoms with Crippen LogP contribution in [0.3, 0.4) is 0 Å². The van der Waals surface area contributed by atoms with Crippen LogP contribution in [0.15, 0.2) is 82.4 Å². The number of benzene rings is 1. The molecule has 0 bridgehead atoms. The molecule has 0 unspecified atom stereocenters. The quantitative estimate of drug-likeness (QED) is 0.380. The first-order valence-corrected chi connectivity index (χ1v) is 8.64. The SMILES string of the molecule is FC(F)(F)c1cc(-c2ccoc2)cn2cc(-c3cc(-c4ccccc4)no3)nc12. The van der Waals surface area contributed by atoms with Gasteiger partial charge < -0.3 is 13.3 Å². The molecule has 1 aromatic carbocycles. The lowest BCUT2D eigenvalue weighted by molar-refractivity contribution is -0.136. The predicted molar refractivity (Wildman–Crippen MR) is 98.8 cm³/mol. The third kappa shape index (κ3) is 3.08. The van der Waals surface area contributed by atoms with Crippen LogP contribution in [0.1, 0.15) is 5.56 Å². The molecular formula is C21H12F3N3O2. The number of halogens is 3. The largest absolute Gasteiger partial charge is 0.472 e. The second-order valence-electron chi connectivity index (χ2n) is 6.45. The van der Waals surface area contributed by atoms with Gasteiger partial charge in [-0.15, -0.1) is 0 Å². The van der Waals surface area contributed by atoms with E-state index in [4.69, 9.17) is 8.94 Å². The summed E-state index contributed by atoms with van der Waals surface area (Å²) in [6, 6.07) is 13.6. The standard InChI is InChI=1S/C21H12F3N3O2/c22-21(23,24)16-8-15(14-6-7-28-12-14)10-27-11-18(25-20(16)27)19-9-17(26-29-19)13-4-2-1-3-5-13/h1-12H. The van der Waals surface area contributed by atoms with Gasteiger partial charge in [0.25, 0.3) is 0 Å². The van der Waals surface area contributed by atoms with Gasteiger partial charge in [0.1, 0.15) is 17.0 Å². The molecule has 0 amide bonds. The molecule has 0 N–H and O–H groups in total. The molecule has 0 saturated carbocycles. The number of pyridine rings is 1. The number of hydrogen-bond acceptors (Lipinski definition) is 4. The van der Waals surface area contributed by atoms with E-state index in [0.717, 1.165) is 11.6 Å². The second kappa shape index (κ2) is 6.37. The monoisotopic (exact) mass is 395 g/mol. The summed E-state index contributed by atoms with van der Waals surface area (Å²) < 4.78 is 52.7. The molecule has 0 radical (unpaired) electrons. The predicted octanol–water partition coefficient (Wildman–Crippen LogP) is 5.94. The fourth-order valence-electron chi connectivity index (χ4n) is 3.15. The first kappa shape index (κ1) is 17.3. The van der Waals surface area contributed by atoms with E-state index in [1.54, 1.807) is 18.3 Å². The van der Waals surface area contributed by atoms with Gasteiger partial charge in [-0.25, -0.2) is 4.98 Å². The van der Waals surface area contributed by atoms with Crippen LogP contribution in [0.25, 0.3) is 39.5 Å². The Bertz CT molecular complexity index is 1290. The molecule has 0 fully saturated rings. The molecular weight excluding hydrogens is 383 g/mol. The topological polar surface area (TPSA) is 56.5 Å². The Morgan fingerprint density at radius 3 is 2.41 bits per heavy atom. The maximum absolute atomic E-state index is 13.7. The molecule has 5 rings (SSSR count). The maximum atomic E-state index is 13.7. The molecule has 4 heterocycles. The number of aromatic nitrogens is 3. The molecule has 144 valence electrons. The number of imidazole rings is 1. The zero-order chi connectivity index (χ0) is 20.0. The van der Waals surface area contributed by atoms with Gasteiger partial charge in [0, 0.05) is 35.2 Å². The number of hydrogen-bond donors (Lipinski definition) is 0. The third-order valence-corrected chi connectivity index (χ3v) is 4.54. The first-order chi connectivity index (χ1) is 14.0. The highest BCUT2D eigenvalue weighted by Crippen LogP contribution is 2.36. The van der Waals surface area contributed by atoms with Crippen LogP contribution >= 0.6 is 0 Å². The summed E-state index contributed by atoms with van der Waals surface area (Å²) in [5.74, 6) is 0.283. The third-order valence-electron chi connectivity index (χ3n) is 4.54. The molecule has 0 saturated heterocycles. The minimum absolute atomic E-state index is 0.211. The van der Waals surface area contributed by atoms with Gasteiger partial charge in [0.2, 0.25) is 0 Å². The summed E-state index contributed by atoms with van der Waals surface area (Å²) in [5.41, 5.74) is 1.53. The van der Waals surface area contributed by atoms with E-state index < -0.39 is 11.7 Å². The van der Waals surface area contributed by atoms with Crippen molar-refractivity contribution in [3.05, 3.63) is 79.0 Å². The van der Waals surface area contributed by atoms with Crippen molar-refractivity contribution in [2.75, 3.05) is 0 Å². The summed E-state index contributed by atoms with van der Waals surface area (Å²) in [6.07, 6.45) is 1.29. The zero-order valence-electron chi connectivity index (χ0n) is 14.7. The molecule has 0 spiro atoms. The number of nitrogens with zero attached hydrogens (tertiary/aromatic N) is 3. The summed E-state index contributed by atoms with van der Waals surface area (Å²) in [6.45, 7) is 0. The Morgan fingerprint density at radius 2 is 1.69 bits per heavy atom. The lowest BCUT2D eigenvalue weighted by Gasteiger charge is -2.10. The maximum Gasteiger partial charge on any atom is 0.420 e. The minimum Gasteiger partial charge on any atom is -0.472 e. The zero-order valence-corrected chi connectivity index (χ0v) is 14.7. The number of rotatable bonds is 3. The van der Waals surface area contributed by atoms with Gasteiger partial charge in [0.15, 0.2) is 5.76 Å². The highest BCUT2D eigenvalue weighted by Gasteiger charge is 2.35. The van der Waals surface area contributed by atoms with E-state index in [9.17, 15) is 13.2 Å². The van der Waals surface area contributed by atoms with Crippen LogP contribution in [0.4, 0.5) is 13.2 Å². The van der Waals surface area contributed by atoms with Crippen molar-refractivity contribution in [2.24, 2.45) is 0 Å². The van der Waals surface area contributed by atoms with Crippen LogP contribution in [-0.2, 0) is 6.18 Å². The van der Waals surface area contributed by atoms with Crippen molar-refractivity contribution in [1.82, 2.24) is 14.5 Å². The van der Waals surface area contributed by atoms with Crippen molar-refractivity contribution in [3.63, 3.8) is 0 Å². The molecule has 29 heavy (non-hydrogen) atoms. The first-order valence-electron chi connectivity index (χ1n) is 8.64. The smallest absolute Gasteiger partial charge is 0.420 e. The van der Waals surface area contributed by atoms with Gasteiger partial charge in [-0.05, 0) is 12.1 Å². The summed E-state index contributed by atoms with van der Waals surface area (Å²) in [7, 11) is 0. The molecule has 0 aliphatic heterocycles. The molecule has 0 atom stereocenters. The van der Waals surface area contributed by atoms with E-state index in [0.29, 0.717) is 16.8 Å². The fraction of sp³-hybridized carbons (Fsp3) is 0.0476. The molecule has 8 heteroatoms. The second-order valence-corrected chi connectivity index (χ2v) is 6.45. The van der Waals surface area contributed by atoms with Gasteiger partial charge in [0.05, 0.1) is 18.1 Å². The Hall–Kier alpha value is -3.81. The lowest BCUT2D eigenvalue weighted by atomic mass is 10.1. The summed E-state index contributed by atoms with van der Waals surface area (Å²) in [5, 5.41) is 4.00. The van der Waals surface area contributed by atoms with E-state index in [-0.39, 0.29) is 17.1 Å². The van der Waals surface area contributed by atoms with Gasteiger partial charge in [-0.3, -0.25) is 0 Å². The van der Waals surface area contributed by atoms with Crippen LogP contribution in [0.2, 0.25) is 0 Å². The van der Waals surface area contributed by atoms with E-state index in [1.807, 2.05) is 30.3 Å². The summed E-state index contributed by atoms with van der Waals surface area (Å²) in [4.78, 5) is 4.16. The molecule has 4 aromatic heterocycles. The van der Waals surface area contributed by atoms with Crippen molar-refractivity contribution < 1.29 is 22.1 Å². The van der Waals surface area contributed by atoms with Crippen LogP contribution < -0.4 is 0 Å². The highest BCUT2D eigenvalue weighted by molar-refractivity contribution is 5.70. The van der Waals surface area contributed by atoms with Gasteiger partial charge in [-0.1, -0.05) is 35.5 Å². The molecule has 5 nitrogen and oxygen atoms in total. The van der Waals surface area contributed by atoms with Crippen molar-refractivity contribution in [3.8, 4) is 33.8 Å². The van der Waals surface area contributed by atoms with Gasteiger partial charge in [-0.2, -0.15) is 13.2 Å². The average Bonchev–Trinajstić information content (AvgIpc) is 3.46. The minimum atomic E-state index is -4.57. The van der Waals surface area contributed by atoms with Gasteiger partial charge >= 0.3 is 6.18 Å².